The van der Waals surface area contributed by atoms with Gasteiger partial charge in [0.1, 0.15) is 17.5 Å². The molecule has 0 unspecified atom stereocenters. The Bertz CT molecular complexity index is 1030. The number of aromatic nitrogens is 2. The Balaban J connectivity index is 1.93. The highest BCUT2D eigenvalue weighted by atomic mass is 19.1. The molecule has 1 aliphatic heterocycles. The van der Waals surface area contributed by atoms with Crippen molar-refractivity contribution in [3.8, 4) is 5.69 Å². The van der Waals surface area contributed by atoms with Crippen LogP contribution in [0.1, 0.15) is 34.7 Å². The highest BCUT2D eigenvalue weighted by molar-refractivity contribution is 5.95. The highest BCUT2D eigenvalue weighted by Gasteiger charge is 2.34. The number of hydrogen-bond donors (Lipinski definition) is 1. The topological polar surface area (TPSA) is 46.9 Å². The molecular weight excluding hydrogens is 336 g/mol. The molecule has 6 heteroatoms. The summed E-state index contributed by atoms with van der Waals surface area (Å²) < 4.78 is 29.8. The van der Waals surface area contributed by atoms with E-state index in [9.17, 15) is 13.6 Å². The number of nitrogens with one attached hydrogen (secondary N) is 1. The van der Waals surface area contributed by atoms with Crippen molar-refractivity contribution in [1.82, 2.24) is 9.78 Å². The van der Waals surface area contributed by atoms with E-state index >= 15 is 0 Å². The third-order valence-electron chi connectivity index (χ3n) is 4.78. The van der Waals surface area contributed by atoms with Gasteiger partial charge in [-0.3, -0.25) is 4.79 Å². The molecule has 0 saturated heterocycles. The molecule has 0 aliphatic carbocycles. The van der Waals surface area contributed by atoms with E-state index in [0.717, 1.165) is 35.0 Å². The molecular formula is C20H17F2N3O. The van der Waals surface area contributed by atoms with E-state index in [1.165, 1.54) is 0 Å². The van der Waals surface area contributed by atoms with Crippen LogP contribution in [-0.2, 0) is 4.79 Å². The molecule has 1 aliphatic rings. The molecule has 1 N–H and O–H groups in total. The third-order valence-corrected chi connectivity index (χ3v) is 4.78. The first kappa shape index (κ1) is 16.4. The molecule has 2 aromatic carbocycles. The van der Waals surface area contributed by atoms with Crippen LogP contribution in [0.5, 0.6) is 0 Å². The van der Waals surface area contributed by atoms with Crippen LogP contribution in [0.25, 0.3) is 5.69 Å². The van der Waals surface area contributed by atoms with Crippen molar-refractivity contribution in [3.05, 3.63) is 76.5 Å². The fourth-order valence-corrected chi connectivity index (χ4v) is 3.57. The highest BCUT2D eigenvalue weighted by Crippen LogP contribution is 2.41. The van der Waals surface area contributed by atoms with Crippen LogP contribution in [0.3, 0.4) is 0 Å². The number of fused-ring (bicyclic) bond motifs is 1. The Morgan fingerprint density at radius 1 is 1.15 bits per heavy atom. The van der Waals surface area contributed by atoms with Crippen LogP contribution < -0.4 is 5.32 Å². The lowest BCUT2D eigenvalue weighted by molar-refractivity contribution is -0.116. The van der Waals surface area contributed by atoms with Gasteiger partial charge in [-0.1, -0.05) is 18.2 Å². The first-order chi connectivity index (χ1) is 12.5. The maximum Gasteiger partial charge on any atom is 0.226 e. The van der Waals surface area contributed by atoms with Crippen LogP contribution in [-0.4, -0.2) is 15.7 Å². The summed E-state index contributed by atoms with van der Waals surface area (Å²) in [5.74, 6) is -1.37. The molecule has 4 nitrogen and oxygen atoms in total. The first-order valence-corrected chi connectivity index (χ1v) is 8.36. The van der Waals surface area contributed by atoms with Crippen molar-refractivity contribution in [2.24, 2.45) is 0 Å². The van der Waals surface area contributed by atoms with Gasteiger partial charge in [-0.25, -0.2) is 13.5 Å². The minimum atomic E-state index is -0.577. The van der Waals surface area contributed by atoms with Gasteiger partial charge in [0.15, 0.2) is 0 Å². The number of hydrogen-bond acceptors (Lipinski definition) is 2. The number of carbonyl (C=O) groups excluding carboxylic acids is 1. The average molecular weight is 353 g/mol. The van der Waals surface area contributed by atoms with Crippen LogP contribution in [0.15, 0.2) is 42.5 Å². The molecule has 3 aromatic rings. The van der Waals surface area contributed by atoms with E-state index in [4.69, 9.17) is 0 Å². The SMILES string of the molecule is Cc1ccccc1-n1nc(C)c2c1NC(=O)C[C@@H]2c1cc(F)ccc1F. The van der Waals surface area contributed by atoms with E-state index in [2.05, 4.69) is 10.4 Å². The lowest BCUT2D eigenvalue weighted by Crippen LogP contribution is -2.25. The van der Waals surface area contributed by atoms with Crippen molar-refractivity contribution in [1.29, 1.82) is 0 Å². The zero-order valence-corrected chi connectivity index (χ0v) is 14.4. The molecule has 0 bridgehead atoms. The van der Waals surface area contributed by atoms with Gasteiger partial charge >= 0.3 is 0 Å². The van der Waals surface area contributed by atoms with Gasteiger partial charge in [0.25, 0.3) is 0 Å². The Morgan fingerprint density at radius 2 is 1.92 bits per heavy atom. The summed E-state index contributed by atoms with van der Waals surface area (Å²) in [5.41, 5.74) is 3.39. The van der Waals surface area contributed by atoms with Gasteiger partial charge in [-0.05, 0) is 49.2 Å². The maximum absolute atomic E-state index is 14.4. The van der Waals surface area contributed by atoms with Crippen molar-refractivity contribution < 1.29 is 13.6 Å². The second-order valence-corrected chi connectivity index (χ2v) is 6.52. The normalized spacial score (nSPS) is 16.3. The second kappa shape index (κ2) is 6.05. The molecule has 26 heavy (non-hydrogen) atoms. The van der Waals surface area contributed by atoms with E-state index in [1.54, 1.807) is 4.68 Å². The molecule has 2 heterocycles. The summed E-state index contributed by atoms with van der Waals surface area (Å²) in [6, 6.07) is 11.0. The van der Waals surface area contributed by atoms with E-state index in [1.807, 2.05) is 38.1 Å². The number of rotatable bonds is 2. The summed E-state index contributed by atoms with van der Waals surface area (Å²) in [6.07, 6.45) is 0.0493. The Hall–Kier alpha value is -3.02. The molecule has 0 spiro atoms. The van der Waals surface area contributed by atoms with Gasteiger partial charge in [0.2, 0.25) is 5.91 Å². The van der Waals surface area contributed by atoms with Crippen molar-refractivity contribution in [3.63, 3.8) is 0 Å². The standard InChI is InChI=1S/C20H17F2N3O/c1-11-5-3-4-6-17(11)25-20-19(12(2)24-25)15(10-18(26)23-20)14-9-13(21)7-8-16(14)22/h3-9,15H,10H2,1-2H3,(H,23,26)/t15-/m1/s1. The number of benzene rings is 2. The van der Waals surface area contributed by atoms with Crippen LogP contribution in [0.2, 0.25) is 0 Å². The average Bonchev–Trinajstić information content (AvgIpc) is 2.93. The fraction of sp³-hybridized carbons (Fsp3) is 0.200. The lowest BCUT2D eigenvalue weighted by Gasteiger charge is -2.25. The molecule has 0 radical (unpaired) electrons. The summed E-state index contributed by atoms with van der Waals surface area (Å²) in [4.78, 5) is 12.3. The summed E-state index contributed by atoms with van der Waals surface area (Å²) in [5, 5.41) is 7.43. The van der Waals surface area contributed by atoms with E-state index < -0.39 is 17.6 Å². The minimum Gasteiger partial charge on any atom is -0.310 e. The smallest absolute Gasteiger partial charge is 0.226 e. The van der Waals surface area contributed by atoms with Crippen LogP contribution >= 0.6 is 0 Å². The molecule has 1 aromatic heterocycles. The lowest BCUT2D eigenvalue weighted by atomic mass is 9.85. The summed E-state index contributed by atoms with van der Waals surface area (Å²) >= 11 is 0. The van der Waals surface area contributed by atoms with Crippen molar-refractivity contribution in [2.45, 2.75) is 26.2 Å². The van der Waals surface area contributed by atoms with Gasteiger partial charge in [-0.2, -0.15) is 5.10 Å². The number of nitrogens with zero attached hydrogens (tertiary/aromatic N) is 2. The number of anilines is 1. The minimum absolute atomic E-state index is 0.0493. The fourth-order valence-electron chi connectivity index (χ4n) is 3.57. The zero-order valence-electron chi connectivity index (χ0n) is 14.4. The zero-order chi connectivity index (χ0) is 18.4. The molecule has 4 rings (SSSR count). The van der Waals surface area contributed by atoms with Crippen LogP contribution in [0.4, 0.5) is 14.6 Å². The number of amides is 1. The molecule has 0 fully saturated rings. The number of aryl methyl sites for hydroxylation is 2. The van der Waals surface area contributed by atoms with Crippen LogP contribution in [0, 0.1) is 25.5 Å². The predicted molar refractivity (Wildman–Crippen MR) is 94.5 cm³/mol. The van der Waals surface area contributed by atoms with Crippen molar-refractivity contribution >= 4 is 11.7 Å². The Morgan fingerprint density at radius 3 is 2.69 bits per heavy atom. The third kappa shape index (κ3) is 2.58. The number of halogens is 2. The van der Waals surface area contributed by atoms with E-state index in [-0.39, 0.29) is 17.9 Å². The summed E-state index contributed by atoms with van der Waals surface area (Å²) in [7, 11) is 0. The Labute approximate surface area is 149 Å². The maximum atomic E-state index is 14.4. The quantitative estimate of drug-likeness (QED) is 0.749. The second-order valence-electron chi connectivity index (χ2n) is 6.52. The summed E-state index contributed by atoms with van der Waals surface area (Å²) in [6.45, 7) is 3.77. The van der Waals surface area contributed by atoms with Gasteiger partial charge < -0.3 is 5.32 Å². The van der Waals surface area contributed by atoms with Crippen molar-refractivity contribution in [2.75, 3.05) is 5.32 Å². The Kier molecular flexibility index (Phi) is 3.83. The first-order valence-electron chi connectivity index (χ1n) is 8.36. The predicted octanol–water partition coefficient (Wildman–Crippen LogP) is 4.24. The van der Waals surface area contributed by atoms with E-state index in [0.29, 0.717) is 11.5 Å². The molecule has 1 atom stereocenters. The van der Waals surface area contributed by atoms with Gasteiger partial charge in [0, 0.05) is 17.9 Å². The largest absolute Gasteiger partial charge is 0.310 e. The molecule has 0 saturated carbocycles. The monoisotopic (exact) mass is 353 g/mol. The number of carbonyl (C=O) groups is 1. The van der Waals surface area contributed by atoms with Gasteiger partial charge in [0.05, 0.1) is 11.4 Å². The molecule has 1 amide bonds. The molecule has 132 valence electrons. The van der Waals surface area contributed by atoms with Gasteiger partial charge in [-0.15, -0.1) is 0 Å². The number of para-hydroxylation sites is 1.